The number of rotatable bonds is 7. The molecule has 14 heavy (non-hydrogen) atoms. The van der Waals surface area contributed by atoms with E-state index in [0.717, 1.165) is 0 Å². The maximum absolute atomic E-state index is 11.7. The Balaban J connectivity index is 3.45. The van der Waals surface area contributed by atoms with Crippen LogP contribution >= 0.6 is 0 Å². The second-order valence-electron chi connectivity index (χ2n) is 2.95. The van der Waals surface area contributed by atoms with Crippen LogP contribution < -0.4 is 10.6 Å². The molecular weight excluding hydrogens is 194 g/mol. The lowest BCUT2D eigenvalue weighted by molar-refractivity contribution is -0.121. The van der Waals surface area contributed by atoms with E-state index in [1.807, 2.05) is 0 Å². The number of methoxy groups -OCH3 is 1. The van der Waals surface area contributed by atoms with Crippen molar-refractivity contribution in [3.63, 3.8) is 0 Å². The molecule has 0 radical (unpaired) electrons. The Bertz CT molecular complexity index is 167. The third-order valence-electron chi connectivity index (χ3n) is 1.41. The molecular formula is C8H16F2N2O2. The molecule has 0 aliphatic rings. The van der Waals surface area contributed by atoms with Crippen molar-refractivity contribution in [3.8, 4) is 0 Å². The summed E-state index contributed by atoms with van der Waals surface area (Å²) in [5, 5.41) is 4.91. The Morgan fingerprint density at radius 3 is 2.64 bits per heavy atom. The highest BCUT2D eigenvalue weighted by atomic mass is 19.3. The Morgan fingerprint density at radius 1 is 1.50 bits per heavy atom. The van der Waals surface area contributed by atoms with E-state index in [1.54, 1.807) is 6.92 Å². The second kappa shape index (κ2) is 7.64. The number of hydrogen-bond donors (Lipinski definition) is 2. The lowest BCUT2D eigenvalue weighted by Gasteiger charge is -2.12. The predicted molar refractivity (Wildman–Crippen MR) is 48.4 cm³/mol. The van der Waals surface area contributed by atoms with E-state index in [1.165, 1.54) is 7.11 Å². The molecule has 6 heteroatoms. The lowest BCUT2D eigenvalue weighted by Crippen LogP contribution is -2.41. The van der Waals surface area contributed by atoms with E-state index in [0.29, 0.717) is 6.61 Å². The molecule has 0 aliphatic carbocycles. The van der Waals surface area contributed by atoms with Gasteiger partial charge in [0.2, 0.25) is 5.91 Å². The average molecular weight is 210 g/mol. The number of ether oxygens (including phenoxy) is 1. The fourth-order valence-corrected chi connectivity index (χ4v) is 0.912. The second-order valence-corrected chi connectivity index (χ2v) is 2.95. The van der Waals surface area contributed by atoms with E-state index in [9.17, 15) is 13.6 Å². The standard InChI is InChI=1S/C8H16F2N2O2/c1-6(5-14-2)12-8(13)4-11-3-7(9)10/h6-7,11H,3-5H2,1-2H3,(H,12,13). The summed E-state index contributed by atoms with van der Waals surface area (Å²) in [7, 11) is 1.53. The smallest absolute Gasteiger partial charge is 0.250 e. The topological polar surface area (TPSA) is 50.4 Å². The number of hydrogen-bond acceptors (Lipinski definition) is 3. The van der Waals surface area contributed by atoms with Crippen LogP contribution in [0.4, 0.5) is 8.78 Å². The van der Waals surface area contributed by atoms with E-state index < -0.39 is 13.0 Å². The highest BCUT2D eigenvalue weighted by Gasteiger charge is 2.07. The van der Waals surface area contributed by atoms with E-state index >= 15 is 0 Å². The maximum atomic E-state index is 11.7. The minimum Gasteiger partial charge on any atom is -0.383 e. The van der Waals surface area contributed by atoms with E-state index in [4.69, 9.17) is 4.74 Å². The Labute approximate surface area is 82.0 Å². The van der Waals surface area contributed by atoms with Gasteiger partial charge < -0.3 is 15.4 Å². The van der Waals surface area contributed by atoms with Crippen LogP contribution in [0.2, 0.25) is 0 Å². The Hall–Kier alpha value is -0.750. The van der Waals surface area contributed by atoms with E-state index in [2.05, 4.69) is 10.6 Å². The van der Waals surface area contributed by atoms with Gasteiger partial charge in [-0.25, -0.2) is 8.78 Å². The molecule has 0 aliphatic heterocycles. The first-order valence-electron chi connectivity index (χ1n) is 4.33. The van der Waals surface area contributed by atoms with Crippen LogP contribution in [0.15, 0.2) is 0 Å². The van der Waals surface area contributed by atoms with Gasteiger partial charge in [0.05, 0.1) is 19.7 Å². The van der Waals surface area contributed by atoms with Crippen LogP contribution in [-0.4, -0.2) is 45.2 Å². The summed E-state index contributed by atoms with van der Waals surface area (Å²) < 4.78 is 28.1. The van der Waals surface area contributed by atoms with Crippen molar-refractivity contribution in [1.29, 1.82) is 0 Å². The van der Waals surface area contributed by atoms with Gasteiger partial charge in [-0.05, 0) is 6.92 Å². The molecule has 2 N–H and O–H groups in total. The van der Waals surface area contributed by atoms with Gasteiger partial charge in [0.25, 0.3) is 6.43 Å². The maximum Gasteiger partial charge on any atom is 0.250 e. The summed E-state index contributed by atoms with van der Waals surface area (Å²) >= 11 is 0. The molecule has 1 amide bonds. The van der Waals surface area contributed by atoms with Crippen molar-refractivity contribution < 1.29 is 18.3 Å². The van der Waals surface area contributed by atoms with Crippen LogP contribution in [0, 0.1) is 0 Å². The SMILES string of the molecule is COCC(C)NC(=O)CNCC(F)F. The monoisotopic (exact) mass is 210 g/mol. The van der Waals surface area contributed by atoms with Gasteiger partial charge in [-0.15, -0.1) is 0 Å². The van der Waals surface area contributed by atoms with Crippen LogP contribution in [0.1, 0.15) is 6.92 Å². The van der Waals surface area contributed by atoms with Crippen molar-refractivity contribution in [2.24, 2.45) is 0 Å². The molecule has 84 valence electrons. The normalized spacial score (nSPS) is 12.9. The van der Waals surface area contributed by atoms with Crippen LogP contribution in [0.25, 0.3) is 0 Å². The van der Waals surface area contributed by atoms with Gasteiger partial charge in [-0.1, -0.05) is 0 Å². The van der Waals surface area contributed by atoms with Crippen molar-refractivity contribution in [1.82, 2.24) is 10.6 Å². The summed E-state index contributed by atoms with van der Waals surface area (Å²) in [6.07, 6.45) is -2.43. The number of amides is 1. The minimum atomic E-state index is -2.43. The third-order valence-corrected chi connectivity index (χ3v) is 1.41. The number of alkyl halides is 2. The van der Waals surface area contributed by atoms with Crippen LogP contribution in [-0.2, 0) is 9.53 Å². The summed E-state index contributed by atoms with van der Waals surface area (Å²) in [6, 6.07) is -0.110. The predicted octanol–water partition coefficient (Wildman–Crippen LogP) is -0.00780. The molecule has 0 fully saturated rings. The van der Waals surface area contributed by atoms with Gasteiger partial charge in [-0.2, -0.15) is 0 Å². The van der Waals surface area contributed by atoms with Gasteiger partial charge in [0.1, 0.15) is 0 Å². The Morgan fingerprint density at radius 2 is 2.14 bits per heavy atom. The van der Waals surface area contributed by atoms with Crippen LogP contribution in [0.5, 0.6) is 0 Å². The molecule has 0 spiro atoms. The number of carbonyl (C=O) groups excluding carboxylic acids is 1. The molecule has 1 atom stereocenters. The Kier molecular flexibility index (Phi) is 7.23. The number of nitrogens with one attached hydrogen (secondary N) is 2. The van der Waals surface area contributed by atoms with E-state index in [-0.39, 0.29) is 18.5 Å². The van der Waals surface area contributed by atoms with Gasteiger partial charge >= 0.3 is 0 Å². The molecule has 0 aromatic heterocycles. The summed E-state index contributed by atoms with van der Waals surface area (Å²) in [4.78, 5) is 11.0. The molecule has 0 aromatic carbocycles. The zero-order chi connectivity index (χ0) is 11.0. The molecule has 1 unspecified atom stereocenters. The van der Waals surface area contributed by atoms with Crippen molar-refractivity contribution in [2.75, 3.05) is 26.8 Å². The first kappa shape index (κ1) is 13.2. The quantitative estimate of drug-likeness (QED) is 0.621. The van der Waals surface area contributed by atoms with Crippen molar-refractivity contribution >= 4 is 5.91 Å². The van der Waals surface area contributed by atoms with Gasteiger partial charge in [0.15, 0.2) is 0 Å². The first-order chi connectivity index (χ1) is 6.56. The number of carbonyl (C=O) groups is 1. The molecule has 0 saturated heterocycles. The first-order valence-corrected chi connectivity index (χ1v) is 4.33. The fraction of sp³-hybridized carbons (Fsp3) is 0.875. The highest BCUT2D eigenvalue weighted by Crippen LogP contribution is 1.87. The largest absolute Gasteiger partial charge is 0.383 e. The average Bonchev–Trinajstić information content (AvgIpc) is 2.03. The minimum absolute atomic E-state index is 0.0988. The molecule has 0 heterocycles. The lowest BCUT2D eigenvalue weighted by atomic mass is 10.3. The third kappa shape index (κ3) is 7.88. The molecule has 0 bridgehead atoms. The zero-order valence-electron chi connectivity index (χ0n) is 8.35. The molecule has 0 saturated carbocycles. The summed E-state index contributed by atoms with van der Waals surface area (Å²) in [5.41, 5.74) is 0. The fourth-order valence-electron chi connectivity index (χ4n) is 0.912. The zero-order valence-corrected chi connectivity index (χ0v) is 8.35. The van der Waals surface area contributed by atoms with Crippen molar-refractivity contribution in [2.45, 2.75) is 19.4 Å². The molecule has 4 nitrogen and oxygen atoms in total. The van der Waals surface area contributed by atoms with Gasteiger partial charge in [0, 0.05) is 13.2 Å². The summed E-state index contributed by atoms with van der Waals surface area (Å²) in [6.45, 7) is 1.61. The van der Waals surface area contributed by atoms with Gasteiger partial charge in [-0.3, -0.25) is 4.79 Å². The molecule has 0 rings (SSSR count). The van der Waals surface area contributed by atoms with Crippen LogP contribution in [0.3, 0.4) is 0 Å². The number of halogens is 2. The van der Waals surface area contributed by atoms with Crippen molar-refractivity contribution in [3.05, 3.63) is 0 Å². The molecule has 0 aromatic rings. The summed E-state index contributed by atoms with van der Waals surface area (Å²) in [5.74, 6) is -0.310. The highest BCUT2D eigenvalue weighted by molar-refractivity contribution is 5.78.